The number of hydrogen-bond donors (Lipinski definition) is 0. The van der Waals surface area contributed by atoms with Gasteiger partial charge in [-0.2, -0.15) is 0 Å². The molecular weight excluding hydrogens is 292 g/mol. The van der Waals surface area contributed by atoms with Crippen LogP contribution in [0.5, 0.6) is 0 Å². The molecule has 3 rings (SSSR count). The van der Waals surface area contributed by atoms with E-state index >= 15 is 0 Å². The molecule has 0 bridgehead atoms. The predicted molar refractivity (Wildman–Crippen MR) is 88.2 cm³/mol. The Balaban J connectivity index is 1.75. The second-order valence-corrected chi connectivity index (χ2v) is 6.22. The molecule has 23 heavy (non-hydrogen) atoms. The molecule has 5 nitrogen and oxygen atoms in total. The summed E-state index contributed by atoms with van der Waals surface area (Å²) in [6.45, 7) is 6.39. The largest absolute Gasteiger partial charge is 0.373 e. The summed E-state index contributed by atoms with van der Waals surface area (Å²) < 4.78 is 11.5. The normalized spacial score (nSPS) is 26.6. The third-order valence-corrected chi connectivity index (χ3v) is 4.97. The molecule has 0 radical (unpaired) electrons. The molecule has 2 aliphatic heterocycles. The second-order valence-electron chi connectivity index (χ2n) is 6.22. The fourth-order valence-electron chi connectivity index (χ4n) is 3.68. The molecule has 0 spiro atoms. The summed E-state index contributed by atoms with van der Waals surface area (Å²) in [6.07, 6.45) is 0.559. The summed E-state index contributed by atoms with van der Waals surface area (Å²) in [5, 5.41) is 0. The van der Waals surface area contributed by atoms with Crippen LogP contribution >= 0.6 is 0 Å². The molecule has 5 heteroatoms. The zero-order chi connectivity index (χ0) is 16.2. The summed E-state index contributed by atoms with van der Waals surface area (Å²) in [4.78, 5) is 17.4. The van der Waals surface area contributed by atoms with Gasteiger partial charge in [0.25, 0.3) is 5.91 Å². The van der Waals surface area contributed by atoms with Crippen molar-refractivity contribution in [1.29, 1.82) is 0 Å². The van der Waals surface area contributed by atoms with E-state index in [0.29, 0.717) is 13.2 Å². The lowest BCUT2D eigenvalue weighted by Gasteiger charge is -2.47. The molecule has 2 fully saturated rings. The number of benzene rings is 1. The Morgan fingerprint density at radius 3 is 2.83 bits per heavy atom. The second kappa shape index (κ2) is 7.43. The molecule has 0 aromatic heterocycles. The summed E-state index contributed by atoms with van der Waals surface area (Å²) in [5.74, 6) is 0.0574. The van der Waals surface area contributed by atoms with Crippen LogP contribution in [0.1, 0.15) is 25.0 Å². The monoisotopic (exact) mass is 318 g/mol. The van der Waals surface area contributed by atoms with E-state index in [-0.39, 0.29) is 18.1 Å². The average Bonchev–Trinajstić information content (AvgIpc) is 2.62. The van der Waals surface area contributed by atoms with Crippen molar-refractivity contribution in [3.05, 3.63) is 35.9 Å². The van der Waals surface area contributed by atoms with Crippen molar-refractivity contribution in [2.45, 2.75) is 31.6 Å². The summed E-state index contributed by atoms with van der Waals surface area (Å²) >= 11 is 0. The van der Waals surface area contributed by atoms with Crippen LogP contribution in [0, 0.1) is 0 Å². The van der Waals surface area contributed by atoms with E-state index in [1.54, 1.807) is 7.11 Å². The number of morpholine rings is 1. The Morgan fingerprint density at radius 2 is 2.13 bits per heavy atom. The van der Waals surface area contributed by atoms with Crippen LogP contribution in [0.15, 0.2) is 30.3 Å². The number of ether oxygens (including phenoxy) is 2. The van der Waals surface area contributed by atoms with Gasteiger partial charge in [0.2, 0.25) is 0 Å². The van der Waals surface area contributed by atoms with Gasteiger partial charge in [0.15, 0.2) is 6.10 Å². The molecule has 1 amide bonds. The fraction of sp³-hybridized carbons (Fsp3) is 0.611. The lowest BCUT2D eigenvalue weighted by molar-refractivity contribution is -0.162. The number of nitrogens with zero attached hydrogens (tertiary/aromatic N) is 2. The van der Waals surface area contributed by atoms with Crippen molar-refractivity contribution in [1.82, 2.24) is 9.80 Å². The Hall–Kier alpha value is -1.43. The smallest absolute Gasteiger partial charge is 0.256 e. The van der Waals surface area contributed by atoms with Crippen LogP contribution in [-0.4, -0.2) is 67.7 Å². The summed E-state index contributed by atoms with van der Waals surface area (Å²) in [6, 6.07) is 9.90. The quantitative estimate of drug-likeness (QED) is 0.847. The number of carbonyl (C=O) groups is 1. The van der Waals surface area contributed by atoms with E-state index in [9.17, 15) is 4.79 Å². The molecule has 2 aliphatic rings. The number of rotatable bonds is 4. The van der Waals surface area contributed by atoms with Gasteiger partial charge in [0, 0.05) is 26.7 Å². The number of methoxy groups -OCH3 is 1. The van der Waals surface area contributed by atoms with Gasteiger partial charge in [0.1, 0.15) is 0 Å². The van der Waals surface area contributed by atoms with Crippen molar-refractivity contribution in [3.8, 4) is 0 Å². The highest BCUT2D eigenvalue weighted by Gasteiger charge is 2.40. The minimum atomic E-state index is -0.529. The molecule has 0 N–H and O–H groups in total. The number of hydrogen-bond acceptors (Lipinski definition) is 4. The van der Waals surface area contributed by atoms with E-state index < -0.39 is 6.10 Å². The highest BCUT2D eigenvalue weighted by molar-refractivity contribution is 5.82. The van der Waals surface area contributed by atoms with Crippen LogP contribution in [0.2, 0.25) is 0 Å². The van der Waals surface area contributed by atoms with Crippen molar-refractivity contribution in [2.24, 2.45) is 0 Å². The third-order valence-electron chi connectivity index (χ3n) is 4.97. The predicted octanol–water partition coefficient (Wildman–Crippen LogP) is 1.70. The van der Waals surface area contributed by atoms with E-state index in [2.05, 4.69) is 11.8 Å². The zero-order valence-corrected chi connectivity index (χ0v) is 14.0. The number of likely N-dealkylation sites (N-methyl/N-ethyl adjacent to an activating group) is 1. The average molecular weight is 318 g/mol. The number of amides is 1. The lowest BCUT2D eigenvalue weighted by Crippen LogP contribution is -2.61. The van der Waals surface area contributed by atoms with E-state index in [0.717, 1.165) is 31.6 Å². The minimum absolute atomic E-state index is 0.0574. The SMILES string of the molecule is CCN1CCC2C(C1)OCCN2C(=O)[C@H](OC)c1ccccc1. The van der Waals surface area contributed by atoms with Crippen molar-refractivity contribution in [2.75, 3.05) is 39.9 Å². The summed E-state index contributed by atoms with van der Waals surface area (Å²) in [7, 11) is 1.60. The maximum Gasteiger partial charge on any atom is 0.256 e. The van der Waals surface area contributed by atoms with Crippen LogP contribution in [-0.2, 0) is 14.3 Å². The Kier molecular flexibility index (Phi) is 5.30. The van der Waals surface area contributed by atoms with Gasteiger partial charge in [-0.15, -0.1) is 0 Å². The molecule has 3 atom stereocenters. The number of likely N-dealkylation sites (tertiary alicyclic amines) is 1. The minimum Gasteiger partial charge on any atom is -0.373 e. The van der Waals surface area contributed by atoms with Gasteiger partial charge in [-0.1, -0.05) is 37.3 Å². The highest BCUT2D eigenvalue weighted by atomic mass is 16.5. The van der Waals surface area contributed by atoms with Gasteiger partial charge >= 0.3 is 0 Å². The number of carbonyl (C=O) groups excluding carboxylic acids is 1. The first-order valence-corrected chi connectivity index (χ1v) is 8.46. The van der Waals surface area contributed by atoms with Gasteiger partial charge in [-0.25, -0.2) is 0 Å². The highest BCUT2D eigenvalue weighted by Crippen LogP contribution is 2.27. The van der Waals surface area contributed by atoms with E-state index in [4.69, 9.17) is 9.47 Å². The van der Waals surface area contributed by atoms with Crippen LogP contribution in [0.25, 0.3) is 0 Å². The Morgan fingerprint density at radius 1 is 1.35 bits per heavy atom. The van der Waals surface area contributed by atoms with Crippen LogP contribution < -0.4 is 0 Å². The van der Waals surface area contributed by atoms with Crippen molar-refractivity contribution >= 4 is 5.91 Å². The number of piperidine rings is 1. The van der Waals surface area contributed by atoms with Gasteiger partial charge in [-0.3, -0.25) is 4.79 Å². The standard InChI is InChI=1S/C18H26N2O3/c1-3-19-10-9-15-16(13-19)23-12-11-20(15)18(21)17(22-2)14-7-5-4-6-8-14/h4-8,15-17H,3,9-13H2,1-2H3/t15?,16?,17-/m1/s1. The van der Waals surface area contributed by atoms with Crippen molar-refractivity contribution < 1.29 is 14.3 Å². The first-order chi connectivity index (χ1) is 11.2. The first kappa shape index (κ1) is 16.4. The Bertz CT molecular complexity index is 522. The first-order valence-electron chi connectivity index (χ1n) is 8.46. The fourth-order valence-corrected chi connectivity index (χ4v) is 3.68. The molecule has 126 valence electrons. The molecule has 1 aromatic carbocycles. The van der Waals surface area contributed by atoms with Gasteiger partial charge in [-0.05, 0) is 18.5 Å². The van der Waals surface area contributed by atoms with Crippen LogP contribution in [0.3, 0.4) is 0 Å². The maximum atomic E-state index is 13.1. The molecule has 0 aliphatic carbocycles. The molecule has 2 heterocycles. The van der Waals surface area contributed by atoms with E-state index in [1.165, 1.54) is 0 Å². The van der Waals surface area contributed by atoms with Gasteiger partial charge in [0.05, 0.1) is 18.8 Å². The zero-order valence-electron chi connectivity index (χ0n) is 14.0. The number of fused-ring (bicyclic) bond motifs is 1. The lowest BCUT2D eigenvalue weighted by atomic mass is 9.97. The third kappa shape index (κ3) is 3.42. The molecule has 2 saturated heterocycles. The maximum absolute atomic E-state index is 13.1. The Labute approximate surface area is 138 Å². The van der Waals surface area contributed by atoms with Gasteiger partial charge < -0.3 is 19.3 Å². The van der Waals surface area contributed by atoms with E-state index in [1.807, 2.05) is 35.2 Å². The molecular formula is C18H26N2O3. The molecule has 0 saturated carbocycles. The summed E-state index contributed by atoms with van der Waals surface area (Å²) in [5.41, 5.74) is 0.911. The van der Waals surface area contributed by atoms with Crippen molar-refractivity contribution in [3.63, 3.8) is 0 Å². The topological polar surface area (TPSA) is 42.0 Å². The van der Waals surface area contributed by atoms with Crippen LogP contribution in [0.4, 0.5) is 0 Å². The molecule has 2 unspecified atom stereocenters. The molecule has 1 aromatic rings.